The minimum absolute atomic E-state index is 0. The smallest absolute Gasteiger partial charge is 0.269 e. The molecule has 110 valence electrons. The second-order valence-corrected chi connectivity index (χ2v) is 3.95. The molecule has 0 aromatic carbocycles. The van der Waals surface area contributed by atoms with Crippen LogP contribution >= 0.6 is 12.4 Å². The first-order chi connectivity index (χ1) is 8.69. The fraction of sp³-hybridized carbons (Fsp3) is 0.667. The molecular formula is C12H23ClN4O2. The zero-order valence-corrected chi connectivity index (χ0v) is 12.5. The number of carbonyl (C=O) groups excluding carboxylic acids is 1. The third kappa shape index (κ3) is 6.04. The third-order valence-electron chi connectivity index (χ3n) is 2.45. The standard InChI is InChI=1S/C12H22N4O2.ClH/c1-4-18-8-7-16-11(9-10(2)15-16)12(17)14-6-5-13-3;/h9,13H,4-8H2,1-3H3,(H,14,17);1H. The van der Waals surface area contributed by atoms with Crippen LogP contribution in [-0.2, 0) is 11.3 Å². The van der Waals surface area contributed by atoms with Gasteiger partial charge in [-0.1, -0.05) is 0 Å². The average molecular weight is 291 g/mol. The zero-order chi connectivity index (χ0) is 13.4. The van der Waals surface area contributed by atoms with E-state index < -0.39 is 0 Å². The Balaban J connectivity index is 0.00000324. The Morgan fingerprint density at radius 1 is 1.47 bits per heavy atom. The highest BCUT2D eigenvalue weighted by molar-refractivity contribution is 5.92. The van der Waals surface area contributed by atoms with E-state index in [1.807, 2.05) is 20.9 Å². The fourth-order valence-electron chi connectivity index (χ4n) is 1.59. The van der Waals surface area contributed by atoms with E-state index in [1.54, 1.807) is 10.7 Å². The van der Waals surface area contributed by atoms with Gasteiger partial charge in [-0.3, -0.25) is 9.48 Å². The lowest BCUT2D eigenvalue weighted by molar-refractivity contribution is 0.0936. The van der Waals surface area contributed by atoms with Crippen LogP contribution in [0.5, 0.6) is 0 Å². The van der Waals surface area contributed by atoms with Crippen LogP contribution in [0.1, 0.15) is 23.1 Å². The minimum atomic E-state index is -0.0950. The fourth-order valence-corrected chi connectivity index (χ4v) is 1.59. The van der Waals surface area contributed by atoms with Crippen LogP contribution in [0.2, 0.25) is 0 Å². The maximum Gasteiger partial charge on any atom is 0.269 e. The lowest BCUT2D eigenvalue weighted by Gasteiger charge is -2.08. The largest absolute Gasteiger partial charge is 0.380 e. The highest BCUT2D eigenvalue weighted by Crippen LogP contribution is 2.03. The quantitative estimate of drug-likeness (QED) is 0.688. The van der Waals surface area contributed by atoms with Crippen LogP contribution in [0.4, 0.5) is 0 Å². The van der Waals surface area contributed by atoms with Crippen LogP contribution in [0.25, 0.3) is 0 Å². The van der Waals surface area contributed by atoms with Gasteiger partial charge < -0.3 is 15.4 Å². The average Bonchev–Trinajstić information content (AvgIpc) is 2.71. The summed E-state index contributed by atoms with van der Waals surface area (Å²) in [5.74, 6) is -0.0950. The summed E-state index contributed by atoms with van der Waals surface area (Å²) in [5, 5.41) is 10.1. The first-order valence-electron chi connectivity index (χ1n) is 6.24. The molecule has 1 aromatic heterocycles. The summed E-state index contributed by atoms with van der Waals surface area (Å²) in [6.45, 7) is 7.00. The number of hydrogen-bond acceptors (Lipinski definition) is 4. The Labute approximate surface area is 120 Å². The minimum Gasteiger partial charge on any atom is -0.380 e. The van der Waals surface area contributed by atoms with Crippen molar-refractivity contribution in [2.24, 2.45) is 0 Å². The van der Waals surface area contributed by atoms with Crippen molar-refractivity contribution < 1.29 is 9.53 Å². The summed E-state index contributed by atoms with van der Waals surface area (Å²) in [7, 11) is 1.85. The first-order valence-corrected chi connectivity index (χ1v) is 6.24. The van der Waals surface area contributed by atoms with E-state index in [4.69, 9.17) is 4.74 Å². The molecule has 1 aromatic rings. The Hall–Kier alpha value is -1.11. The van der Waals surface area contributed by atoms with Gasteiger partial charge in [0.25, 0.3) is 5.91 Å². The molecule has 0 atom stereocenters. The number of likely N-dealkylation sites (N-methyl/N-ethyl adjacent to an activating group) is 1. The molecule has 0 spiro atoms. The number of halogens is 1. The first kappa shape index (κ1) is 17.9. The van der Waals surface area contributed by atoms with E-state index in [0.29, 0.717) is 32.0 Å². The Morgan fingerprint density at radius 2 is 2.21 bits per heavy atom. The Kier molecular flexibility index (Phi) is 9.20. The summed E-state index contributed by atoms with van der Waals surface area (Å²) in [6, 6.07) is 1.79. The van der Waals surface area contributed by atoms with E-state index in [-0.39, 0.29) is 18.3 Å². The maximum absolute atomic E-state index is 11.9. The molecule has 1 rings (SSSR count). The molecule has 0 saturated carbocycles. The van der Waals surface area contributed by atoms with E-state index in [9.17, 15) is 4.79 Å². The highest BCUT2D eigenvalue weighted by Gasteiger charge is 2.13. The van der Waals surface area contributed by atoms with E-state index in [1.165, 1.54) is 0 Å². The van der Waals surface area contributed by atoms with Crippen LogP contribution in [-0.4, -0.2) is 49.0 Å². The molecule has 0 fully saturated rings. The van der Waals surface area contributed by atoms with Gasteiger partial charge in [-0.2, -0.15) is 5.10 Å². The van der Waals surface area contributed by atoms with E-state index in [2.05, 4.69) is 15.7 Å². The Bertz CT molecular complexity index is 382. The van der Waals surface area contributed by atoms with Crippen molar-refractivity contribution in [2.75, 3.05) is 33.4 Å². The number of amides is 1. The van der Waals surface area contributed by atoms with Crippen molar-refractivity contribution >= 4 is 18.3 Å². The molecule has 0 saturated heterocycles. The lowest BCUT2D eigenvalue weighted by atomic mass is 10.3. The van der Waals surface area contributed by atoms with Crippen LogP contribution in [0.3, 0.4) is 0 Å². The van der Waals surface area contributed by atoms with E-state index in [0.717, 1.165) is 12.2 Å². The van der Waals surface area contributed by atoms with Crippen molar-refractivity contribution in [1.29, 1.82) is 0 Å². The van der Waals surface area contributed by atoms with E-state index >= 15 is 0 Å². The molecule has 0 aliphatic rings. The lowest BCUT2D eigenvalue weighted by Crippen LogP contribution is -2.32. The molecule has 0 aliphatic heterocycles. The van der Waals surface area contributed by atoms with Gasteiger partial charge in [-0.15, -0.1) is 12.4 Å². The monoisotopic (exact) mass is 290 g/mol. The topological polar surface area (TPSA) is 68.2 Å². The molecule has 6 nitrogen and oxygen atoms in total. The zero-order valence-electron chi connectivity index (χ0n) is 11.7. The van der Waals surface area contributed by atoms with Gasteiger partial charge in [0, 0.05) is 19.7 Å². The molecule has 19 heavy (non-hydrogen) atoms. The summed E-state index contributed by atoms with van der Waals surface area (Å²) < 4.78 is 6.97. The summed E-state index contributed by atoms with van der Waals surface area (Å²) >= 11 is 0. The summed E-state index contributed by atoms with van der Waals surface area (Å²) in [5.41, 5.74) is 1.42. The van der Waals surface area contributed by atoms with Crippen molar-refractivity contribution in [1.82, 2.24) is 20.4 Å². The van der Waals surface area contributed by atoms with Crippen molar-refractivity contribution in [3.05, 3.63) is 17.5 Å². The Morgan fingerprint density at radius 3 is 2.84 bits per heavy atom. The van der Waals surface area contributed by atoms with Crippen molar-refractivity contribution in [3.63, 3.8) is 0 Å². The number of aromatic nitrogens is 2. The molecular weight excluding hydrogens is 268 g/mol. The van der Waals surface area contributed by atoms with Gasteiger partial charge in [0.1, 0.15) is 5.69 Å². The highest BCUT2D eigenvalue weighted by atomic mass is 35.5. The maximum atomic E-state index is 11.9. The van der Waals surface area contributed by atoms with Crippen molar-refractivity contribution in [2.45, 2.75) is 20.4 Å². The molecule has 0 radical (unpaired) electrons. The van der Waals surface area contributed by atoms with Crippen LogP contribution in [0, 0.1) is 6.92 Å². The predicted octanol–water partition coefficient (Wildman–Crippen LogP) is 0.599. The second-order valence-electron chi connectivity index (χ2n) is 3.95. The molecule has 0 unspecified atom stereocenters. The van der Waals surface area contributed by atoms with Crippen molar-refractivity contribution in [3.8, 4) is 0 Å². The number of nitrogens with zero attached hydrogens (tertiary/aromatic N) is 2. The molecule has 2 N–H and O–H groups in total. The molecule has 0 aliphatic carbocycles. The SMILES string of the molecule is CCOCCn1nc(C)cc1C(=O)NCCNC.Cl. The molecule has 0 bridgehead atoms. The number of nitrogens with one attached hydrogen (secondary N) is 2. The van der Waals surface area contributed by atoms with Crippen LogP contribution in [0.15, 0.2) is 6.07 Å². The normalized spacial score (nSPS) is 10.1. The molecule has 1 amide bonds. The van der Waals surface area contributed by atoms with Gasteiger partial charge in [0.2, 0.25) is 0 Å². The van der Waals surface area contributed by atoms with Gasteiger partial charge in [-0.05, 0) is 27.0 Å². The van der Waals surface area contributed by atoms with Gasteiger partial charge in [0.15, 0.2) is 0 Å². The third-order valence-corrected chi connectivity index (χ3v) is 2.45. The van der Waals surface area contributed by atoms with Gasteiger partial charge in [-0.25, -0.2) is 0 Å². The molecule has 1 heterocycles. The van der Waals surface area contributed by atoms with Gasteiger partial charge in [0.05, 0.1) is 18.8 Å². The predicted molar refractivity (Wildman–Crippen MR) is 77.0 cm³/mol. The van der Waals surface area contributed by atoms with Gasteiger partial charge >= 0.3 is 0 Å². The number of carbonyl (C=O) groups is 1. The number of rotatable bonds is 8. The number of hydrogen-bond donors (Lipinski definition) is 2. The second kappa shape index (κ2) is 9.77. The molecule has 7 heteroatoms. The van der Waals surface area contributed by atoms with Crippen LogP contribution < -0.4 is 10.6 Å². The number of ether oxygens (including phenoxy) is 1. The number of aryl methyl sites for hydroxylation is 1. The summed E-state index contributed by atoms with van der Waals surface area (Å²) in [4.78, 5) is 11.9. The summed E-state index contributed by atoms with van der Waals surface area (Å²) in [6.07, 6.45) is 0.